The van der Waals surface area contributed by atoms with E-state index in [1.807, 2.05) is 0 Å². The van der Waals surface area contributed by atoms with Crippen LogP contribution in [0.4, 0.5) is 0 Å². The number of fused-ring (bicyclic) bond motifs is 4. The van der Waals surface area contributed by atoms with Gasteiger partial charge in [0, 0.05) is 0 Å². The Morgan fingerprint density at radius 3 is 1.10 bits per heavy atom. The second-order valence-electron chi connectivity index (χ2n) is 6.61. The third kappa shape index (κ3) is 6.25. The zero-order chi connectivity index (χ0) is 13.8. The molecule has 0 aromatic carbocycles. The Kier molecular flexibility index (Phi) is 11.4. The first-order valence-electron chi connectivity index (χ1n) is 7.38. The molecular formula is C14H28Cl2N2O2Pt. The van der Waals surface area contributed by atoms with E-state index in [1.165, 1.54) is 51.4 Å². The van der Waals surface area contributed by atoms with Gasteiger partial charge in [-0.15, -0.1) is 12.1 Å². The molecule has 0 spiro atoms. The van der Waals surface area contributed by atoms with Gasteiger partial charge in [0.05, 0.1) is 0 Å². The fourth-order valence-corrected chi connectivity index (χ4v) is 4.49. The molecule has 6 atom stereocenters. The second kappa shape index (κ2) is 10.8. The van der Waals surface area contributed by atoms with Gasteiger partial charge in [0.2, 0.25) is 0 Å². The Morgan fingerprint density at radius 1 is 0.667 bits per heavy atom. The maximum absolute atomic E-state index is 7.52. The molecule has 21 heavy (non-hydrogen) atoms. The molecule has 4 aliphatic rings. The van der Waals surface area contributed by atoms with Gasteiger partial charge in [0.15, 0.2) is 0 Å². The summed E-state index contributed by atoms with van der Waals surface area (Å²) in [6, 6.07) is 0.655. The van der Waals surface area contributed by atoms with Gasteiger partial charge in [-0.1, -0.05) is 50.4 Å². The summed E-state index contributed by atoms with van der Waals surface area (Å²) in [5, 5.41) is 0. The Hall–Kier alpha value is 1.11. The average Bonchev–Trinajstić information content (AvgIpc) is 3.08. The molecule has 4 nitrogen and oxygen atoms in total. The number of hydrogen-bond acceptors (Lipinski definition) is 0. The summed E-state index contributed by atoms with van der Waals surface area (Å²) in [7, 11) is 9.75. The van der Waals surface area contributed by atoms with Gasteiger partial charge in [-0.3, -0.25) is 0 Å². The van der Waals surface area contributed by atoms with Crippen molar-refractivity contribution in [2.45, 2.75) is 63.5 Å². The van der Waals surface area contributed by atoms with Crippen LogP contribution in [0, 0.1) is 23.7 Å². The van der Waals surface area contributed by atoms with Crippen LogP contribution in [0.3, 0.4) is 0 Å². The van der Waals surface area contributed by atoms with Crippen molar-refractivity contribution in [1.29, 1.82) is 0 Å². The van der Waals surface area contributed by atoms with Crippen molar-refractivity contribution in [3.8, 4) is 0 Å². The third-order valence-electron chi connectivity index (χ3n) is 5.48. The van der Waals surface area contributed by atoms with E-state index in [4.69, 9.17) is 30.3 Å². The van der Waals surface area contributed by atoms with Crippen molar-refractivity contribution >= 4 is 18.8 Å². The normalized spacial score (nSPS) is 41.3. The van der Waals surface area contributed by atoms with Gasteiger partial charge in [0.25, 0.3) is 0 Å². The minimum absolute atomic E-state index is 0. The topological polar surface area (TPSA) is 111 Å². The standard InChI is InChI=1S/2C7H12N.2ClH.2H2O.Pt/c2*8-7-4-5-1-2-6(7)3-5;;;;;/h2*5-8H,1-4H2;2*1H;2*1H2;/q2*-1;;;;;+4/p-2. The van der Waals surface area contributed by atoms with Crippen molar-refractivity contribution < 1.29 is 27.4 Å². The van der Waals surface area contributed by atoms with Gasteiger partial charge < -0.3 is 22.4 Å². The number of hydrogen-bond donors (Lipinski definition) is 0. The maximum Gasteiger partial charge on any atom is -0.0426 e. The van der Waals surface area contributed by atoms with E-state index in [9.17, 15) is 0 Å². The molecule has 4 aliphatic carbocycles. The molecule has 130 valence electrons. The van der Waals surface area contributed by atoms with Crippen molar-refractivity contribution in [1.82, 2.24) is 0 Å². The van der Waals surface area contributed by atoms with E-state index in [-0.39, 0.29) is 11.0 Å². The van der Waals surface area contributed by atoms with E-state index in [0.717, 1.165) is 23.7 Å². The van der Waals surface area contributed by atoms with Crippen molar-refractivity contribution in [3.05, 3.63) is 11.5 Å². The van der Waals surface area contributed by atoms with E-state index >= 15 is 0 Å². The molecule has 6 N–H and O–H groups in total. The van der Waals surface area contributed by atoms with E-state index in [1.54, 1.807) is 0 Å². The van der Waals surface area contributed by atoms with Crippen LogP contribution < -0.4 is 0 Å². The monoisotopic (exact) mass is 521 g/mol. The van der Waals surface area contributed by atoms with Gasteiger partial charge in [-0.25, -0.2) is 0 Å². The molecule has 7 heteroatoms. The summed E-state index contributed by atoms with van der Waals surface area (Å²) in [5.41, 5.74) is 15.0. The molecule has 0 amide bonds. The molecule has 6 unspecified atom stereocenters. The second-order valence-corrected chi connectivity index (χ2v) is 9.89. The van der Waals surface area contributed by atoms with E-state index in [2.05, 4.69) is 0 Å². The zero-order valence-corrected chi connectivity index (χ0v) is 16.0. The molecule has 0 aliphatic heterocycles. The molecule has 4 rings (SSSR count). The Morgan fingerprint density at radius 2 is 1.00 bits per heavy atom. The van der Waals surface area contributed by atoms with Crippen LogP contribution in [-0.4, -0.2) is 23.0 Å². The summed E-state index contributed by atoms with van der Waals surface area (Å²) < 4.78 is 0. The van der Waals surface area contributed by atoms with Crippen LogP contribution in [-0.2, 0) is 16.5 Å². The zero-order valence-electron chi connectivity index (χ0n) is 12.2. The first-order chi connectivity index (χ1) is 9.13. The predicted octanol–water partition coefficient (Wildman–Crippen LogP) is 4.18. The fourth-order valence-electron chi connectivity index (χ4n) is 4.49. The SMILES string of the molecule is O.O.[Cl][Pt+2][Cl].[NH-]C1CC2CCC1C2.[NH-]C1CC2CCC1C2. The van der Waals surface area contributed by atoms with Crippen LogP contribution >= 0.6 is 18.8 Å². The van der Waals surface area contributed by atoms with Crippen molar-refractivity contribution in [2.24, 2.45) is 23.7 Å². The predicted molar refractivity (Wildman–Crippen MR) is 86.0 cm³/mol. The summed E-state index contributed by atoms with van der Waals surface area (Å²) in [6.45, 7) is 0. The third-order valence-corrected chi connectivity index (χ3v) is 5.48. The van der Waals surface area contributed by atoms with Crippen LogP contribution in [0.5, 0.6) is 0 Å². The fraction of sp³-hybridized carbons (Fsp3) is 1.00. The molecule has 0 saturated heterocycles. The summed E-state index contributed by atoms with van der Waals surface area (Å²) in [5.74, 6) is 3.53. The maximum atomic E-state index is 7.52. The van der Waals surface area contributed by atoms with Gasteiger partial charge in [0.1, 0.15) is 0 Å². The molecule has 4 fully saturated rings. The summed E-state index contributed by atoms with van der Waals surface area (Å²) in [4.78, 5) is 0. The quantitative estimate of drug-likeness (QED) is 0.455. The molecule has 0 aromatic heterocycles. The molecular weight excluding hydrogens is 494 g/mol. The van der Waals surface area contributed by atoms with Gasteiger partial charge >= 0.3 is 35.3 Å². The molecule has 0 heterocycles. The van der Waals surface area contributed by atoms with Crippen molar-refractivity contribution in [2.75, 3.05) is 0 Å². The van der Waals surface area contributed by atoms with E-state index in [0.29, 0.717) is 12.1 Å². The number of nitrogens with one attached hydrogen (secondary N) is 2. The van der Waals surface area contributed by atoms with Crippen LogP contribution in [0.1, 0.15) is 51.4 Å². The minimum Gasteiger partial charge on any atom is -0.674 e. The number of rotatable bonds is 0. The molecule has 4 saturated carbocycles. The largest absolute Gasteiger partial charge is 0.674 e. The van der Waals surface area contributed by atoms with Crippen molar-refractivity contribution in [3.63, 3.8) is 0 Å². The first-order valence-corrected chi connectivity index (χ1v) is 13.0. The van der Waals surface area contributed by atoms with Crippen LogP contribution in [0.25, 0.3) is 11.5 Å². The Balaban J connectivity index is 0.000000299. The molecule has 4 bridgehead atoms. The van der Waals surface area contributed by atoms with Gasteiger partial charge in [-0.2, -0.15) is 0 Å². The van der Waals surface area contributed by atoms with Crippen LogP contribution in [0.15, 0.2) is 0 Å². The summed E-state index contributed by atoms with van der Waals surface area (Å²) in [6.07, 6.45) is 10.8. The van der Waals surface area contributed by atoms with E-state index < -0.39 is 16.5 Å². The molecule has 0 aromatic rings. The Labute approximate surface area is 144 Å². The van der Waals surface area contributed by atoms with Crippen LogP contribution in [0.2, 0.25) is 0 Å². The minimum atomic E-state index is -0.472. The molecule has 0 radical (unpaired) electrons. The van der Waals surface area contributed by atoms with Gasteiger partial charge in [-0.05, 0) is 24.7 Å². The number of halogens is 2. The summed E-state index contributed by atoms with van der Waals surface area (Å²) >= 11 is -0.472. The Bertz CT molecular complexity index is 260. The average molecular weight is 522 g/mol. The first kappa shape index (κ1) is 22.1. The smallest absolute Gasteiger partial charge is 0.0426 e.